The van der Waals surface area contributed by atoms with Gasteiger partial charge in [-0.05, 0) is 41.6 Å². The van der Waals surface area contributed by atoms with E-state index < -0.39 is 10.0 Å². The Labute approximate surface area is 192 Å². The van der Waals surface area contributed by atoms with Gasteiger partial charge in [0.15, 0.2) is 0 Å². The molecule has 0 atom stereocenters. The quantitative estimate of drug-likeness (QED) is 0.668. The van der Waals surface area contributed by atoms with Gasteiger partial charge in [0.25, 0.3) is 5.91 Å². The average molecular weight is 478 g/mol. The molecule has 4 heterocycles. The predicted molar refractivity (Wildman–Crippen MR) is 122 cm³/mol. The molecule has 0 radical (unpaired) electrons. The number of ether oxygens (including phenoxy) is 2. The van der Waals surface area contributed by atoms with Gasteiger partial charge in [-0.25, -0.2) is 8.42 Å². The first-order valence-corrected chi connectivity index (χ1v) is 13.3. The van der Waals surface area contributed by atoms with Crippen LogP contribution in [0, 0.1) is 0 Å². The highest BCUT2D eigenvalue weighted by Crippen LogP contribution is 2.31. The zero-order valence-corrected chi connectivity index (χ0v) is 19.5. The Hall–Kier alpha value is -1.98. The van der Waals surface area contributed by atoms with Crippen LogP contribution < -0.4 is 4.90 Å². The number of amides is 1. The number of hydrogen-bond acceptors (Lipinski definition) is 7. The van der Waals surface area contributed by atoms with E-state index in [2.05, 4.69) is 16.3 Å². The number of benzene rings is 1. The van der Waals surface area contributed by atoms with E-state index in [1.165, 1.54) is 14.7 Å². The molecular weight excluding hydrogens is 450 g/mol. The third-order valence-corrected chi connectivity index (χ3v) is 9.17. The van der Waals surface area contributed by atoms with Crippen LogP contribution in [0.1, 0.15) is 20.8 Å². The van der Waals surface area contributed by atoms with Gasteiger partial charge in [0.1, 0.15) is 0 Å². The van der Waals surface area contributed by atoms with Crippen LogP contribution in [0.4, 0.5) is 5.69 Å². The van der Waals surface area contributed by atoms with Crippen LogP contribution in [-0.4, -0.2) is 82.7 Å². The van der Waals surface area contributed by atoms with Crippen LogP contribution in [0.3, 0.4) is 0 Å². The number of thiophene rings is 1. The molecule has 172 valence electrons. The molecular formula is C22H27N3O5S2. The maximum absolute atomic E-state index is 13.7. The second-order valence-corrected chi connectivity index (χ2v) is 11.1. The molecule has 0 unspecified atom stereocenters. The van der Waals surface area contributed by atoms with Crippen molar-refractivity contribution in [2.45, 2.75) is 17.9 Å². The van der Waals surface area contributed by atoms with Crippen molar-refractivity contribution in [1.82, 2.24) is 9.21 Å². The highest BCUT2D eigenvalue weighted by molar-refractivity contribution is 7.89. The van der Waals surface area contributed by atoms with E-state index >= 15 is 0 Å². The van der Waals surface area contributed by atoms with Crippen molar-refractivity contribution in [2.75, 3.05) is 64.1 Å². The van der Waals surface area contributed by atoms with Crippen molar-refractivity contribution in [1.29, 1.82) is 0 Å². The molecule has 2 fully saturated rings. The van der Waals surface area contributed by atoms with Crippen LogP contribution in [0.25, 0.3) is 0 Å². The van der Waals surface area contributed by atoms with Crippen LogP contribution in [0.5, 0.6) is 0 Å². The molecule has 8 nitrogen and oxygen atoms in total. The third-order valence-electron chi connectivity index (χ3n) is 6.25. The summed E-state index contributed by atoms with van der Waals surface area (Å²) in [7, 11) is -3.69. The van der Waals surface area contributed by atoms with Gasteiger partial charge < -0.3 is 19.3 Å². The Morgan fingerprint density at radius 3 is 2.41 bits per heavy atom. The van der Waals surface area contributed by atoms with Gasteiger partial charge in [0, 0.05) is 49.8 Å². The van der Waals surface area contributed by atoms with Gasteiger partial charge in [-0.3, -0.25) is 4.79 Å². The summed E-state index contributed by atoms with van der Waals surface area (Å²) < 4.78 is 38.8. The lowest BCUT2D eigenvalue weighted by Gasteiger charge is -2.33. The molecule has 1 aromatic carbocycles. The number of carbonyl (C=O) groups excluding carboxylic acids is 1. The van der Waals surface area contributed by atoms with Crippen molar-refractivity contribution in [3.8, 4) is 0 Å². The zero-order chi connectivity index (χ0) is 22.1. The fourth-order valence-electron chi connectivity index (χ4n) is 4.46. The number of sulfonamides is 1. The van der Waals surface area contributed by atoms with E-state index in [4.69, 9.17) is 9.47 Å². The second kappa shape index (κ2) is 9.11. The number of anilines is 1. The summed E-state index contributed by atoms with van der Waals surface area (Å²) in [5.74, 6) is -0.123. The first kappa shape index (κ1) is 21.8. The lowest BCUT2D eigenvalue weighted by atomic mass is 10.1. The normalized spacial score (nSPS) is 20.2. The molecule has 1 amide bonds. The van der Waals surface area contributed by atoms with Crippen LogP contribution in [-0.2, 0) is 32.5 Å². The first-order valence-electron chi connectivity index (χ1n) is 10.9. The summed E-state index contributed by atoms with van der Waals surface area (Å²) >= 11 is 1.73. The van der Waals surface area contributed by atoms with E-state index in [0.29, 0.717) is 71.3 Å². The molecule has 0 saturated carbocycles. The Kier molecular flexibility index (Phi) is 6.22. The topological polar surface area (TPSA) is 79.4 Å². The van der Waals surface area contributed by atoms with Crippen molar-refractivity contribution in [2.24, 2.45) is 0 Å². The molecule has 2 saturated heterocycles. The van der Waals surface area contributed by atoms with Crippen LogP contribution in [0.2, 0.25) is 0 Å². The Morgan fingerprint density at radius 2 is 1.66 bits per heavy atom. The number of fused-ring (bicyclic) bond motifs is 1. The molecule has 0 spiro atoms. The largest absolute Gasteiger partial charge is 0.379 e. The zero-order valence-electron chi connectivity index (χ0n) is 17.9. The van der Waals surface area contributed by atoms with Gasteiger partial charge in [-0.15, -0.1) is 11.3 Å². The number of nitrogens with zero attached hydrogens (tertiary/aromatic N) is 3. The lowest BCUT2D eigenvalue weighted by Crippen LogP contribution is -2.41. The number of rotatable bonds is 4. The molecule has 10 heteroatoms. The maximum Gasteiger partial charge on any atom is 0.256 e. The second-order valence-electron chi connectivity index (χ2n) is 8.14. The summed E-state index contributed by atoms with van der Waals surface area (Å²) in [5.41, 5.74) is 2.40. The minimum Gasteiger partial charge on any atom is -0.379 e. The van der Waals surface area contributed by atoms with Gasteiger partial charge in [-0.2, -0.15) is 4.31 Å². The molecule has 5 rings (SSSR count). The SMILES string of the molecule is O=C(c1cc(S(=O)(=O)N2CCOCC2)ccc1N1CCOCC1)N1CCc2sccc2C1. The molecule has 0 bridgehead atoms. The van der Waals surface area contributed by atoms with Gasteiger partial charge >= 0.3 is 0 Å². The monoisotopic (exact) mass is 477 g/mol. The molecule has 1 aromatic heterocycles. The van der Waals surface area contributed by atoms with Crippen LogP contribution >= 0.6 is 11.3 Å². The molecule has 3 aliphatic rings. The van der Waals surface area contributed by atoms with Crippen molar-refractivity contribution >= 4 is 33.0 Å². The Morgan fingerprint density at radius 1 is 0.938 bits per heavy atom. The number of carbonyl (C=O) groups is 1. The molecule has 0 N–H and O–H groups in total. The summed E-state index contributed by atoms with van der Waals surface area (Å²) in [5, 5.41) is 2.06. The van der Waals surface area contributed by atoms with E-state index in [1.54, 1.807) is 29.5 Å². The number of hydrogen-bond donors (Lipinski definition) is 0. The van der Waals surface area contributed by atoms with Gasteiger partial charge in [0.05, 0.1) is 36.9 Å². The average Bonchev–Trinajstić information content (AvgIpc) is 3.32. The van der Waals surface area contributed by atoms with Gasteiger partial charge in [-0.1, -0.05) is 0 Å². The molecule has 2 aromatic rings. The minimum atomic E-state index is -3.69. The van der Waals surface area contributed by atoms with Gasteiger partial charge in [0.2, 0.25) is 10.0 Å². The molecule has 3 aliphatic heterocycles. The standard InChI is InChI=1S/C22H27N3O5S2/c26-22(24-5-3-21-17(16-24)4-14-31-21)19-15-18(32(27,28)25-8-12-30-13-9-25)1-2-20(19)23-6-10-29-11-7-23/h1-2,4,14-15H,3,5-13,16H2. The van der Waals surface area contributed by atoms with Crippen molar-refractivity contribution in [3.05, 3.63) is 45.6 Å². The van der Waals surface area contributed by atoms with Crippen LogP contribution in [0.15, 0.2) is 34.5 Å². The molecule has 0 aliphatic carbocycles. The molecule has 32 heavy (non-hydrogen) atoms. The highest BCUT2D eigenvalue weighted by Gasteiger charge is 2.31. The summed E-state index contributed by atoms with van der Waals surface area (Å²) in [6.45, 7) is 5.12. The van der Waals surface area contributed by atoms with E-state index in [-0.39, 0.29) is 10.8 Å². The minimum absolute atomic E-state index is 0.123. The fraction of sp³-hybridized carbons (Fsp3) is 0.500. The van der Waals surface area contributed by atoms with Crippen molar-refractivity contribution in [3.63, 3.8) is 0 Å². The smallest absolute Gasteiger partial charge is 0.256 e. The first-order chi connectivity index (χ1) is 15.5. The summed E-state index contributed by atoms with van der Waals surface area (Å²) in [4.78, 5) is 19.1. The highest BCUT2D eigenvalue weighted by atomic mass is 32.2. The lowest BCUT2D eigenvalue weighted by molar-refractivity contribution is 0.0727. The number of morpholine rings is 2. The van der Waals surface area contributed by atoms with E-state index in [1.807, 2.05) is 4.90 Å². The van der Waals surface area contributed by atoms with Crippen molar-refractivity contribution < 1.29 is 22.7 Å². The fourth-order valence-corrected chi connectivity index (χ4v) is 6.78. The Balaban J connectivity index is 1.50. The van der Waals surface area contributed by atoms with E-state index in [0.717, 1.165) is 12.1 Å². The maximum atomic E-state index is 13.7. The predicted octanol–water partition coefficient (Wildman–Crippen LogP) is 1.80. The summed E-state index contributed by atoms with van der Waals surface area (Å²) in [6, 6.07) is 7.05. The summed E-state index contributed by atoms with van der Waals surface area (Å²) in [6.07, 6.45) is 0.831. The third kappa shape index (κ3) is 4.17. The Bertz CT molecular complexity index is 1090. The van der Waals surface area contributed by atoms with E-state index in [9.17, 15) is 13.2 Å².